The van der Waals surface area contributed by atoms with E-state index in [1.54, 1.807) is 30.6 Å². The van der Waals surface area contributed by atoms with Crippen molar-refractivity contribution < 1.29 is 13.9 Å². The van der Waals surface area contributed by atoms with Crippen LogP contribution in [0.3, 0.4) is 0 Å². The van der Waals surface area contributed by atoms with Gasteiger partial charge in [-0.1, -0.05) is 23.2 Å². The highest BCUT2D eigenvalue weighted by atomic mass is 35.5. The number of ether oxygens (including phenoxy) is 2. The van der Waals surface area contributed by atoms with Crippen molar-refractivity contribution in [3.63, 3.8) is 0 Å². The first-order valence-corrected chi connectivity index (χ1v) is 7.30. The molecular formula is C16H11Cl2NO4. The monoisotopic (exact) mass is 351 g/mol. The minimum absolute atomic E-state index is 0.203. The molecule has 0 bridgehead atoms. The Balaban J connectivity index is 2.38. The first kappa shape index (κ1) is 15.6. The number of nitrogens with zero attached hydrogens (tertiary/aromatic N) is 1. The van der Waals surface area contributed by atoms with Crippen molar-refractivity contribution in [1.29, 1.82) is 0 Å². The Morgan fingerprint density at radius 3 is 2.35 bits per heavy atom. The van der Waals surface area contributed by atoms with Crippen molar-refractivity contribution in [2.45, 2.75) is 0 Å². The van der Waals surface area contributed by atoms with Gasteiger partial charge in [0.25, 0.3) is 0 Å². The Morgan fingerprint density at radius 2 is 1.74 bits per heavy atom. The number of benzene rings is 1. The molecule has 0 aliphatic carbocycles. The molecule has 0 fully saturated rings. The quantitative estimate of drug-likeness (QED) is 0.708. The number of fused-ring (bicyclic) bond motifs is 1. The van der Waals surface area contributed by atoms with Crippen LogP contribution >= 0.6 is 23.2 Å². The maximum Gasteiger partial charge on any atom is 0.344 e. The van der Waals surface area contributed by atoms with Gasteiger partial charge in [0.2, 0.25) is 0 Å². The molecule has 0 amide bonds. The molecule has 2 aromatic heterocycles. The number of aromatic nitrogens is 1. The molecule has 3 aromatic rings. The Labute approximate surface area is 141 Å². The van der Waals surface area contributed by atoms with Crippen LogP contribution in [0.4, 0.5) is 0 Å². The highest BCUT2D eigenvalue weighted by molar-refractivity contribution is 6.41. The lowest BCUT2D eigenvalue weighted by Gasteiger charge is -2.14. The molecule has 3 rings (SSSR count). The van der Waals surface area contributed by atoms with Gasteiger partial charge in [-0.15, -0.1) is 0 Å². The average molecular weight is 352 g/mol. The lowest BCUT2D eigenvalue weighted by molar-refractivity contribution is 0.395. The Hall–Kier alpha value is -2.24. The molecule has 0 aliphatic rings. The molecule has 0 aliphatic heterocycles. The van der Waals surface area contributed by atoms with Crippen LogP contribution in [0.1, 0.15) is 0 Å². The summed E-state index contributed by atoms with van der Waals surface area (Å²) in [6, 6.07) is 4.79. The Bertz CT molecular complexity index is 924. The van der Waals surface area contributed by atoms with Crippen molar-refractivity contribution in [3.8, 4) is 22.6 Å². The summed E-state index contributed by atoms with van der Waals surface area (Å²) in [7, 11) is 2.93. The molecule has 0 spiro atoms. The summed E-state index contributed by atoms with van der Waals surface area (Å²) in [6.45, 7) is 0. The van der Waals surface area contributed by atoms with Crippen molar-refractivity contribution >= 4 is 34.2 Å². The van der Waals surface area contributed by atoms with Crippen LogP contribution in [0.5, 0.6) is 11.5 Å². The van der Waals surface area contributed by atoms with Gasteiger partial charge in [0.15, 0.2) is 0 Å². The van der Waals surface area contributed by atoms with Gasteiger partial charge >= 0.3 is 5.63 Å². The average Bonchev–Trinajstić information content (AvgIpc) is 2.55. The summed E-state index contributed by atoms with van der Waals surface area (Å²) in [5.41, 5.74) is 0.361. The van der Waals surface area contributed by atoms with E-state index in [9.17, 15) is 4.79 Å². The first-order valence-electron chi connectivity index (χ1n) is 6.55. The predicted octanol–water partition coefficient (Wildman–Crippen LogP) is 4.18. The summed E-state index contributed by atoms with van der Waals surface area (Å²) in [5, 5.41) is 1.05. The molecule has 0 unspecified atom stereocenters. The molecule has 2 heterocycles. The molecule has 1 aromatic carbocycles. The standard InChI is InChI=1S/C16H11Cl2NO4/c1-21-11-6-12(22-2)15(18)13(14(11)17)9-5-8-7-19-4-3-10(8)23-16(9)20/h3-7H,1-2H3. The molecule has 5 nitrogen and oxygen atoms in total. The van der Waals surface area contributed by atoms with Crippen LogP contribution in [0.2, 0.25) is 10.0 Å². The first-order chi connectivity index (χ1) is 11.1. The molecular weight excluding hydrogens is 341 g/mol. The number of pyridine rings is 1. The van der Waals surface area contributed by atoms with Crippen LogP contribution < -0.4 is 15.1 Å². The topological polar surface area (TPSA) is 61.6 Å². The fourth-order valence-electron chi connectivity index (χ4n) is 2.26. The molecule has 0 N–H and O–H groups in total. The third kappa shape index (κ3) is 2.62. The third-order valence-corrected chi connectivity index (χ3v) is 4.13. The van der Waals surface area contributed by atoms with Crippen LogP contribution in [0, 0.1) is 0 Å². The summed E-state index contributed by atoms with van der Waals surface area (Å²) >= 11 is 12.7. The van der Waals surface area contributed by atoms with Crippen LogP contribution in [0.15, 0.2) is 39.8 Å². The van der Waals surface area contributed by atoms with Crippen molar-refractivity contribution in [3.05, 3.63) is 51.1 Å². The van der Waals surface area contributed by atoms with E-state index < -0.39 is 5.63 Å². The molecule has 0 saturated carbocycles. The second-order valence-corrected chi connectivity index (χ2v) is 5.40. The fourth-order valence-corrected chi connectivity index (χ4v) is 2.97. The molecule has 0 atom stereocenters. The summed E-state index contributed by atoms with van der Waals surface area (Å²) in [5.74, 6) is 0.683. The Morgan fingerprint density at radius 1 is 1.09 bits per heavy atom. The van der Waals surface area contributed by atoms with Gasteiger partial charge in [-0.25, -0.2) is 4.79 Å². The van der Waals surface area contributed by atoms with Gasteiger partial charge in [-0.2, -0.15) is 0 Å². The third-order valence-electron chi connectivity index (χ3n) is 3.38. The maximum atomic E-state index is 12.4. The van der Waals surface area contributed by atoms with Crippen LogP contribution in [-0.4, -0.2) is 19.2 Å². The molecule has 7 heteroatoms. The van der Waals surface area contributed by atoms with Crippen LogP contribution in [0.25, 0.3) is 22.1 Å². The minimum atomic E-state index is -0.567. The van der Waals surface area contributed by atoms with E-state index >= 15 is 0 Å². The molecule has 0 radical (unpaired) electrons. The number of methoxy groups -OCH3 is 2. The zero-order valence-electron chi connectivity index (χ0n) is 12.2. The van der Waals surface area contributed by atoms with Gasteiger partial charge in [0.05, 0.1) is 29.8 Å². The van der Waals surface area contributed by atoms with Crippen molar-refractivity contribution in [2.24, 2.45) is 0 Å². The molecule has 118 valence electrons. The maximum absolute atomic E-state index is 12.4. The lowest BCUT2D eigenvalue weighted by atomic mass is 10.1. The largest absolute Gasteiger partial charge is 0.495 e. The molecule has 23 heavy (non-hydrogen) atoms. The highest BCUT2D eigenvalue weighted by Crippen LogP contribution is 2.45. The SMILES string of the molecule is COc1cc(OC)c(Cl)c(-c2cc3cnccc3oc2=O)c1Cl. The number of hydrogen-bond donors (Lipinski definition) is 0. The second-order valence-electron chi connectivity index (χ2n) is 4.65. The van der Waals surface area contributed by atoms with E-state index in [1.807, 2.05) is 0 Å². The van der Waals surface area contributed by atoms with Gasteiger partial charge < -0.3 is 13.9 Å². The van der Waals surface area contributed by atoms with E-state index in [0.717, 1.165) is 0 Å². The zero-order chi connectivity index (χ0) is 16.6. The summed E-state index contributed by atoms with van der Waals surface area (Å²) in [4.78, 5) is 16.4. The van der Waals surface area contributed by atoms with E-state index in [2.05, 4.69) is 4.98 Å². The van der Waals surface area contributed by atoms with Gasteiger partial charge in [-0.05, 0) is 12.1 Å². The van der Waals surface area contributed by atoms with Crippen LogP contribution in [-0.2, 0) is 0 Å². The normalized spacial score (nSPS) is 10.8. The van der Waals surface area contributed by atoms with E-state index in [4.69, 9.17) is 37.1 Å². The molecule has 0 saturated heterocycles. The van der Waals surface area contributed by atoms with E-state index in [0.29, 0.717) is 28.0 Å². The number of rotatable bonds is 3. The summed E-state index contributed by atoms with van der Waals surface area (Å²) in [6.07, 6.45) is 3.13. The fraction of sp³-hybridized carbons (Fsp3) is 0.125. The highest BCUT2D eigenvalue weighted by Gasteiger charge is 2.21. The summed E-state index contributed by atoms with van der Waals surface area (Å²) < 4.78 is 15.7. The zero-order valence-corrected chi connectivity index (χ0v) is 13.7. The predicted molar refractivity (Wildman–Crippen MR) is 88.8 cm³/mol. The second kappa shape index (κ2) is 6.10. The van der Waals surface area contributed by atoms with Gasteiger partial charge in [-0.3, -0.25) is 4.98 Å². The Kier molecular flexibility index (Phi) is 4.15. The van der Waals surface area contributed by atoms with E-state index in [1.165, 1.54) is 14.2 Å². The van der Waals surface area contributed by atoms with Crippen molar-refractivity contribution in [2.75, 3.05) is 14.2 Å². The lowest BCUT2D eigenvalue weighted by Crippen LogP contribution is -2.05. The van der Waals surface area contributed by atoms with Gasteiger partial charge in [0, 0.05) is 29.4 Å². The smallest absolute Gasteiger partial charge is 0.344 e. The van der Waals surface area contributed by atoms with Gasteiger partial charge in [0.1, 0.15) is 17.1 Å². The van der Waals surface area contributed by atoms with E-state index in [-0.39, 0.29) is 15.6 Å². The minimum Gasteiger partial charge on any atom is -0.495 e. The van der Waals surface area contributed by atoms with Crippen molar-refractivity contribution in [1.82, 2.24) is 4.98 Å². The number of halogens is 2. The number of hydrogen-bond acceptors (Lipinski definition) is 5.